The van der Waals surface area contributed by atoms with Gasteiger partial charge in [-0.25, -0.2) is 0 Å². The molecule has 0 unspecified atom stereocenters. The van der Waals surface area contributed by atoms with Crippen LogP contribution in [0.5, 0.6) is 0 Å². The zero-order chi connectivity index (χ0) is 9.68. The van der Waals surface area contributed by atoms with Crippen LogP contribution in [0.2, 0.25) is 5.02 Å². The van der Waals surface area contributed by atoms with Crippen LogP contribution in [0.3, 0.4) is 0 Å². The standard InChI is InChI=1S/C11H9ClO/c1-2-3-11(13)8-9-4-6-10(12)7-5-9/h4-7H,8H2,1H3. The summed E-state index contributed by atoms with van der Waals surface area (Å²) in [5, 5.41) is 0.678. The van der Waals surface area contributed by atoms with Crippen LogP contribution in [0.4, 0.5) is 0 Å². The Morgan fingerprint density at radius 2 is 2.00 bits per heavy atom. The lowest BCUT2D eigenvalue weighted by Gasteiger charge is -1.95. The third-order valence-corrected chi connectivity index (χ3v) is 1.79. The predicted molar refractivity (Wildman–Crippen MR) is 53.6 cm³/mol. The van der Waals surface area contributed by atoms with Crippen LogP contribution in [-0.2, 0) is 11.2 Å². The molecule has 0 heterocycles. The van der Waals surface area contributed by atoms with Gasteiger partial charge in [-0.1, -0.05) is 29.7 Å². The molecule has 0 spiro atoms. The maximum absolute atomic E-state index is 11.1. The van der Waals surface area contributed by atoms with Crippen LogP contribution in [0.15, 0.2) is 24.3 Å². The van der Waals surface area contributed by atoms with Crippen LogP contribution in [0, 0.1) is 11.8 Å². The van der Waals surface area contributed by atoms with Gasteiger partial charge in [0.2, 0.25) is 5.78 Å². The monoisotopic (exact) mass is 192 g/mol. The third-order valence-electron chi connectivity index (χ3n) is 1.54. The van der Waals surface area contributed by atoms with Gasteiger partial charge in [-0.05, 0) is 30.5 Å². The zero-order valence-corrected chi connectivity index (χ0v) is 8.06. The highest BCUT2D eigenvalue weighted by atomic mass is 35.5. The molecule has 0 aliphatic rings. The molecule has 0 saturated heterocycles. The molecular formula is C11H9ClO. The van der Waals surface area contributed by atoms with Gasteiger partial charge in [0.25, 0.3) is 0 Å². The first-order valence-electron chi connectivity index (χ1n) is 3.92. The summed E-state index contributed by atoms with van der Waals surface area (Å²) in [4.78, 5) is 11.1. The molecule has 0 aliphatic carbocycles. The molecule has 0 amide bonds. The van der Waals surface area contributed by atoms with E-state index in [1.54, 1.807) is 19.1 Å². The number of carbonyl (C=O) groups excluding carboxylic acids is 1. The molecule has 0 radical (unpaired) electrons. The van der Waals surface area contributed by atoms with Crippen molar-refractivity contribution in [3.05, 3.63) is 34.9 Å². The van der Waals surface area contributed by atoms with E-state index in [1.807, 2.05) is 12.1 Å². The Bertz CT molecular complexity index is 354. The molecule has 1 aromatic carbocycles. The second kappa shape index (κ2) is 4.69. The molecular weight excluding hydrogens is 184 g/mol. The minimum absolute atomic E-state index is 0.0650. The lowest BCUT2D eigenvalue weighted by atomic mass is 10.1. The number of rotatable bonds is 2. The van der Waals surface area contributed by atoms with Gasteiger partial charge >= 0.3 is 0 Å². The van der Waals surface area contributed by atoms with E-state index in [4.69, 9.17) is 11.6 Å². The average molecular weight is 193 g/mol. The normalized spacial score (nSPS) is 8.77. The molecule has 0 saturated carbocycles. The molecule has 0 atom stereocenters. The average Bonchev–Trinajstić information content (AvgIpc) is 2.09. The van der Waals surface area contributed by atoms with Crippen molar-refractivity contribution >= 4 is 17.4 Å². The molecule has 1 aromatic rings. The molecule has 0 aliphatic heterocycles. The lowest BCUT2D eigenvalue weighted by Crippen LogP contribution is -1.98. The number of halogens is 1. The van der Waals surface area contributed by atoms with Gasteiger partial charge in [-0.3, -0.25) is 4.79 Å². The Kier molecular flexibility index (Phi) is 3.54. The minimum atomic E-state index is -0.0650. The van der Waals surface area contributed by atoms with Gasteiger partial charge in [0.15, 0.2) is 0 Å². The van der Waals surface area contributed by atoms with Crippen LogP contribution in [-0.4, -0.2) is 5.78 Å². The van der Waals surface area contributed by atoms with Crippen molar-refractivity contribution in [3.63, 3.8) is 0 Å². The van der Waals surface area contributed by atoms with Gasteiger partial charge in [0.05, 0.1) is 0 Å². The highest BCUT2D eigenvalue weighted by Gasteiger charge is 1.98. The van der Waals surface area contributed by atoms with E-state index in [2.05, 4.69) is 11.8 Å². The molecule has 0 bridgehead atoms. The Morgan fingerprint density at radius 1 is 1.38 bits per heavy atom. The number of hydrogen-bond acceptors (Lipinski definition) is 1. The Morgan fingerprint density at radius 3 is 2.54 bits per heavy atom. The van der Waals surface area contributed by atoms with E-state index in [9.17, 15) is 4.79 Å². The van der Waals surface area contributed by atoms with Crippen molar-refractivity contribution in [1.29, 1.82) is 0 Å². The summed E-state index contributed by atoms with van der Waals surface area (Å²) < 4.78 is 0. The van der Waals surface area contributed by atoms with Crippen LogP contribution in [0.1, 0.15) is 12.5 Å². The van der Waals surface area contributed by atoms with Gasteiger partial charge < -0.3 is 0 Å². The summed E-state index contributed by atoms with van der Waals surface area (Å²) in [5.41, 5.74) is 0.942. The first kappa shape index (κ1) is 9.83. The summed E-state index contributed by atoms with van der Waals surface area (Å²) >= 11 is 5.70. The number of carbonyl (C=O) groups is 1. The van der Waals surface area contributed by atoms with Gasteiger partial charge in [0.1, 0.15) is 0 Å². The van der Waals surface area contributed by atoms with Crippen molar-refractivity contribution in [2.45, 2.75) is 13.3 Å². The topological polar surface area (TPSA) is 17.1 Å². The Balaban J connectivity index is 2.68. The Hall–Kier alpha value is -1.26. The second-order valence-corrected chi connectivity index (χ2v) is 3.04. The highest BCUT2D eigenvalue weighted by Crippen LogP contribution is 2.09. The van der Waals surface area contributed by atoms with Gasteiger partial charge in [-0.15, -0.1) is 0 Å². The summed E-state index contributed by atoms with van der Waals surface area (Å²) in [5.74, 6) is 5.00. The summed E-state index contributed by atoms with van der Waals surface area (Å²) in [6.07, 6.45) is 0.359. The maximum Gasteiger partial charge on any atom is 0.209 e. The molecule has 0 fully saturated rings. The zero-order valence-electron chi connectivity index (χ0n) is 7.30. The molecule has 0 N–H and O–H groups in total. The number of hydrogen-bond donors (Lipinski definition) is 0. The van der Waals surface area contributed by atoms with Crippen LogP contribution in [0.25, 0.3) is 0 Å². The first-order chi connectivity index (χ1) is 6.22. The fourth-order valence-electron chi connectivity index (χ4n) is 0.971. The molecule has 1 nitrogen and oxygen atoms in total. The summed E-state index contributed by atoms with van der Waals surface area (Å²) in [6, 6.07) is 7.20. The van der Waals surface area contributed by atoms with Crippen LogP contribution < -0.4 is 0 Å². The first-order valence-corrected chi connectivity index (χ1v) is 4.30. The number of Topliss-reactive ketones (excluding diaryl/α,β-unsaturated/α-hetero) is 1. The predicted octanol–water partition coefficient (Wildman–Crippen LogP) is 2.47. The fourth-order valence-corrected chi connectivity index (χ4v) is 1.10. The number of ketones is 1. The largest absolute Gasteiger partial charge is 0.285 e. The van der Waals surface area contributed by atoms with E-state index in [1.165, 1.54) is 0 Å². The maximum atomic E-state index is 11.1. The summed E-state index contributed by atoms with van der Waals surface area (Å²) in [6.45, 7) is 1.65. The fraction of sp³-hybridized carbons (Fsp3) is 0.182. The van der Waals surface area contributed by atoms with Crippen molar-refractivity contribution in [1.82, 2.24) is 0 Å². The molecule has 66 valence electrons. The van der Waals surface area contributed by atoms with Crippen molar-refractivity contribution < 1.29 is 4.79 Å². The van der Waals surface area contributed by atoms with Crippen molar-refractivity contribution in [2.75, 3.05) is 0 Å². The van der Waals surface area contributed by atoms with E-state index >= 15 is 0 Å². The SMILES string of the molecule is CC#CC(=O)Cc1ccc(Cl)cc1. The van der Waals surface area contributed by atoms with Crippen LogP contribution >= 0.6 is 11.6 Å². The lowest BCUT2D eigenvalue weighted by molar-refractivity contribution is -0.113. The van der Waals surface area contributed by atoms with E-state index in [0.717, 1.165) is 5.56 Å². The molecule has 1 rings (SSSR count). The third kappa shape index (κ3) is 3.31. The van der Waals surface area contributed by atoms with Crippen molar-refractivity contribution in [2.24, 2.45) is 0 Å². The highest BCUT2D eigenvalue weighted by molar-refractivity contribution is 6.30. The minimum Gasteiger partial charge on any atom is -0.285 e. The van der Waals surface area contributed by atoms with Gasteiger partial charge in [0, 0.05) is 11.4 Å². The van der Waals surface area contributed by atoms with Crippen molar-refractivity contribution in [3.8, 4) is 11.8 Å². The van der Waals surface area contributed by atoms with E-state index in [0.29, 0.717) is 11.4 Å². The molecule has 13 heavy (non-hydrogen) atoms. The molecule has 2 heteroatoms. The Labute approximate surface area is 82.7 Å². The summed E-state index contributed by atoms with van der Waals surface area (Å²) in [7, 11) is 0. The van der Waals surface area contributed by atoms with E-state index in [-0.39, 0.29) is 5.78 Å². The van der Waals surface area contributed by atoms with Gasteiger partial charge in [-0.2, -0.15) is 0 Å². The molecule has 0 aromatic heterocycles. The van der Waals surface area contributed by atoms with E-state index < -0.39 is 0 Å². The number of benzene rings is 1. The smallest absolute Gasteiger partial charge is 0.209 e. The second-order valence-electron chi connectivity index (χ2n) is 2.60. The quantitative estimate of drug-likeness (QED) is 0.520.